The standard InChI is InChI=1S/C9H16O7S2/c10-3-2-17-4(5(3)11)1-15-16-9-7(13)6(12)8(14)18-9/h3-14H,1-2H2. The molecular weight excluding hydrogens is 284 g/mol. The molecule has 7 nitrogen and oxygen atoms in total. The van der Waals surface area contributed by atoms with Gasteiger partial charge in [-0.25, -0.2) is 9.78 Å². The summed E-state index contributed by atoms with van der Waals surface area (Å²) >= 11 is 2.23. The van der Waals surface area contributed by atoms with Crippen molar-refractivity contribution in [1.82, 2.24) is 0 Å². The van der Waals surface area contributed by atoms with Gasteiger partial charge in [-0.3, -0.25) is 0 Å². The minimum absolute atomic E-state index is 0.0544. The summed E-state index contributed by atoms with van der Waals surface area (Å²) in [5, 5.41) is 46.6. The number of aliphatic hydroxyl groups excluding tert-OH is 5. The van der Waals surface area contributed by atoms with Gasteiger partial charge in [-0.1, -0.05) is 11.8 Å². The van der Waals surface area contributed by atoms with Crippen LogP contribution in [0.1, 0.15) is 0 Å². The second kappa shape index (κ2) is 6.25. The van der Waals surface area contributed by atoms with E-state index in [9.17, 15) is 25.5 Å². The summed E-state index contributed by atoms with van der Waals surface area (Å²) in [7, 11) is 0. The fraction of sp³-hybridized carbons (Fsp3) is 1.00. The maximum Gasteiger partial charge on any atom is 0.169 e. The minimum Gasteiger partial charge on any atom is -0.390 e. The largest absolute Gasteiger partial charge is 0.390 e. The van der Waals surface area contributed by atoms with Crippen molar-refractivity contribution >= 4 is 23.5 Å². The van der Waals surface area contributed by atoms with Crippen molar-refractivity contribution in [1.29, 1.82) is 0 Å². The van der Waals surface area contributed by atoms with Crippen molar-refractivity contribution in [2.75, 3.05) is 12.4 Å². The lowest BCUT2D eigenvalue weighted by atomic mass is 10.2. The maximum absolute atomic E-state index is 9.54. The Morgan fingerprint density at radius 2 is 1.72 bits per heavy atom. The minimum atomic E-state index is -1.27. The molecule has 18 heavy (non-hydrogen) atoms. The van der Waals surface area contributed by atoms with Crippen molar-refractivity contribution in [2.45, 2.75) is 40.5 Å². The highest BCUT2D eigenvalue weighted by atomic mass is 32.2. The second-order valence-electron chi connectivity index (χ2n) is 4.19. The quantitative estimate of drug-likeness (QED) is 0.293. The first-order valence-corrected chi connectivity index (χ1v) is 7.45. The van der Waals surface area contributed by atoms with Crippen LogP contribution in [0.4, 0.5) is 0 Å². The summed E-state index contributed by atoms with van der Waals surface area (Å²) in [5.74, 6) is 0.438. The van der Waals surface area contributed by atoms with E-state index in [1.165, 1.54) is 11.8 Å². The zero-order chi connectivity index (χ0) is 13.3. The Morgan fingerprint density at radius 1 is 1.00 bits per heavy atom. The molecule has 0 amide bonds. The molecule has 0 aromatic rings. The van der Waals surface area contributed by atoms with Crippen LogP contribution < -0.4 is 0 Å². The highest BCUT2D eigenvalue weighted by molar-refractivity contribution is 8.00. The Labute approximate surface area is 112 Å². The third kappa shape index (κ3) is 3.11. The monoisotopic (exact) mass is 300 g/mol. The average Bonchev–Trinajstić information content (AvgIpc) is 2.78. The van der Waals surface area contributed by atoms with Gasteiger partial charge in [0.1, 0.15) is 17.6 Å². The van der Waals surface area contributed by atoms with E-state index in [2.05, 4.69) is 0 Å². The molecule has 0 saturated carbocycles. The van der Waals surface area contributed by atoms with Gasteiger partial charge in [0, 0.05) is 5.75 Å². The Balaban J connectivity index is 1.70. The highest BCUT2D eigenvalue weighted by Crippen LogP contribution is 2.34. The molecule has 0 aliphatic carbocycles. The first-order valence-electron chi connectivity index (χ1n) is 5.46. The summed E-state index contributed by atoms with van der Waals surface area (Å²) in [6.07, 6.45) is -4.12. The molecule has 106 valence electrons. The SMILES string of the molecule is OC1CSC(COOC2SC(O)C(O)C2O)C1O. The fourth-order valence-electron chi connectivity index (χ4n) is 1.69. The van der Waals surface area contributed by atoms with Gasteiger partial charge in [0.05, 0.1) is 24.1 Å². The number of aliphatic hydroxyl groups is 5. The molecule has 2 aliphatic heterocycles. The topological polar surface area (TPSA) is 120 Å². The molecule has 0 aromatic heterocycles. The highest BCUT2D eigenvalue weighted by Gasteiger charge is 2.43. The Kier molecular flexibility index (Phi) is 5.14. The molecule has 2 heterocycles. The molecule has 5 N–H and O–H groups in total. The molecular formula is C9H16O7S2. The van der Waals surface area contributed by atoms with Gasteiger partial charge in [-0.15, -0.1) is 0 Å². The number of rotatable bonds is 4. The summed E-state index contributed by atoms with van der Waals surface area (Å²) in [5.41, 5.74) is -1.98. The molecule has 0 bridgehead atoms. The van der Waals surface area contributed by atoms with Gasteiger partial charge in [0.15, 0.2) is 5.44 Å². The predicted molar refractivity (Wildman–Crippen MR) is 64.7 cm³/mol. The summed E-state index contributed by atoms with van der Waals surface area (Å²) in [4.78, 5) is 9.78. The lowest BCUT2D eigenvalue weighted by Crippen LogP contribution is -2.35. The van der Waals surface area contributed by atoms with E-state index >= 15 is 0 Å². The molecule has 7 atom stereocenters. The molecule has 0 spiro atoms. The van der Waals surface area contributed by atoms with Gasteiger partial charge in [-0.2, -0.15) is 11.8 Å². The van der Waals surface area contributed by atoms with Gasteiger partial charge in [0.25, 0.3) is 0 Å². The number of hydrogen-bond donors (Lipinski definition) is 5. The summed E-state index contributed by atoms with van der Waals surface area (Å²) in [6.45, 7) is 0.0544. The normalized spacial score (nSPS) is 48.8. The Hall–Kier alpha value is 0.420. The van der Waals surface area contributed by atoms with E-state index < -0.39 is 35.3 Å². The van der Waals surface area contributed by atoms with E-state index in [0.717, 1.165) is 11.8 Å². The fourth-order valence-corrected chi connectivity index (χ4v) is 3.89. The third-order valence-electron chi connectivity index (χ3n) is 2.85. The van der Waals surface area contributed by atoms with E-state index in [1.807, 2.05) is 0 Å². The smallest absolute Gasteiger partial charge is 0.169 e. The first-order chi connectivity index (χ1) is 8.50. The predicted octanol–water partition coefficient (Wildman–Crippen LogP) is -2.12. The van der Waals surface area contributed by atoms with Crippen LogP contribution in [0.5, 0.6) is 0 Å². The van der Waals surface area contributed by atoms with Gasteiger partial charge >= 0.3 is 0 Å². The van der Waals surface area contributed by atoms with Crippen molar-refractivity contribution < 1.29 is 35.3 Å². The lowest BCUT2D eigenvalue weighted by molar-refractivity contribution is -0.319. The van der Waals surface area contributed by atoms with Crippen LogP contribution in [0.25, 0.3) is 0 Å². The van der Waals surface area contributed by atoms with E-state index in [4.69, 9.17) is 9.78 Å². The molecule has 0 aromatic carbocycles. The van der Waals surface area contributed by atoms with Crippen LogP contribution in [-0.4, -0.2) is 78.4 Å². The van der Waals surface area contributed by atoms with Gasteiger partial charge in [-0.05, 0) is 0 Å². The van der Waals surface area contributed by atoms with Crippen molar-refractivity contribution in [2.24, 2.45) is 0 Å². The lowest BCUT2D eigenvalue weighted by Gasteiger charge is -2.18. The third-order valence-corrected chi connectivity index (χ3v) is 5.41. The summed E-state index contributed by atoms with van der Waals surface area (Å²) < 4.78 is 0. The van der Waals surface area contributed by atoms with E-state index in [0.29, 0.717) is 5.75 Å². The molecule has 9 heteroatoms. The van der Waals surface area contributed by atoms with E-state index in [-0.39, 0.29) is 11.9 Å². The van der Waals surface area contributed by atoms with E-state index in [1.54, 1.807) is 0 Å². The molecule has 7 unspecified atom stereocenters. The van der Waals surface area contributed by atoms with Crippen LogP contribution in [0.15, 0.2) is 0 Å². The molecule has 2 rings (SSSR count). The molecule has 2 fully saturated rings. The Bertz CT molecular complexity index is 282. The zero-order valence-electron chi connectivity index (χ0n) is 9.32. The molecule has 2 saturated heterocycles. The van der Waals surface area contributed by atoms with Crippen LogP contribution in [0.3, 0.4) is 0 Å². The second-order valence-corrected chi connectivity index (χ2v) is 6.68. The molecule has 2 aliphatic rings. The first kappa shape index (κ1) is 14.8. The van der Waals surface area contributed by atoms with Crippen molar-refractivity contribution in [3.63, 3.8) is 0 Å². The van der Waals surface area contributed by atoms with Crippen LogP contribution in [0, 0.1) is 0 Å². The van der Waals surface area contributed by atoms with Crippen LogP contribution in [0.2, 0.25) is 0 Å². The van der Waals surface area contributed by atoms with Crippen LogP contribution >= 0.6 is 23.5 Å². The summed E-state index contributed by atoms with van der Waals surface area (Å²) in [6, 6.07) is 0. The van der Waals surface area contributed by atoms with Gasteiger partial charge < -0.3 is 25.5 Å². The van der Waals surface area contributed by atoms with Crippen molar-refractivity contribution in [3.05, 3.63) is 0 Å². The average molecular weight is 300 g/mol. The number of hydrogen-bond acceptors (Lipinski definition) is 9. The maximum atomic E-state index is 9.54. The van der Waals surface area contributed by atoms with Gasteiger partial charge in [0.2, 0.25) is 0 Å². The zero-order valence-corrected chi connectivity index (χ0v) is 11.0. The number of thioether (sulfide) groups is 2. The van der Waals surface area contributed by atoms with Crippen LogP contribution in [-0.2, 0) is 9.78 Å². The Morgan fingerprint density at radius 3 is 2.22 bits per heavy atom. The van der Waals surface area contributed by atoms with Crippen molar-refractivity contribution in [3.8, 4) is 0 Å². The molecule has 0 radical (unpaired) electrons.